The molecule has 0 fully saturated rings. The fourth-order valence-electron chi connectivity index (χ4n) is 1.21. The summed E-state index contributed by atoms with van der Waals surface area (Å²) in [5.41, 5.74) is 0. The molecule has 0 bridgehead atoms. The Morgan fingerprint density at radius 3 is 2.27 bits per heavy atom. The van der Waals surface area contributed by atoms with Gasteiger partial charge in [-0.2, -0.15) is 0 Å². The Balaban J connectivity index is 4.10. The van der Waals surface area contributed by atoms with Gasteiger partial charge in [0.05, 0.1) is 5.75 Å². The third-order valence-corrected chi connectivity index (χ3v) is 3.75. The normalized spacial score (nSPS) is 14.5. The van der Waals surface area contributed by atoms with Gasteiger partial charge in [-0.15, -0.1) is 0 Å². The van der Waals surface area contributed by atoms with Crippen LogP contribution in [0.25, 0.3) is 0 Å². The molecule has 1 atom stereocenters. The van der Waals surface area contributed by atoms with E-state index in [2.05, 4.69) is 4.72 Å². The fraction of sp³-hybridized carbons (Fsp3) is 1.00. The summed E-state index contributed by atoms with van der Waals surface area (Å²) in [7, 11) is -3.17. The number of aliphatic hydroxyl groups excluding tert-OH is 1. The van der Waals surface area contributed by atoms with Crippen LogP contribution < -0.4 is 4.72 Å². The second-order valence-corrected chi connectivity index (χ2v) is 6.11. The van der Waals surface area contributed by atoms with Gasteiger partial charge in [0.2, 0.25) is 10.0 Å². The third kappa shape index (κ3) is 7.76. The largest absolute Gasteiger partial charge is 0.396 e. The molecular formula is C10H23NO3S. The first-order valence-electron chi connectivity index (χ1n) is 5.52. The number of rotatable bonds is 8. The van der Waals surface area contributed by atoms with E-state index in [1.807, 2.05) is 20.8 Å². The Morgan fingerprint density at radius 1 is 1.27 bits per heavy atom. The maximum Gasteiger partial charge on any atom is 0.211 e. The molecule has 0 radical (unpaired) electrons. The van der Waals surface area contributed by atoms with Crippen molar-refractivity contribution in [3.8, 4) is 0 Å². The van der Waals surface area contributed by atoms with E-state index < -0.39 is 10.0 Å². The molecule has 0 aromatic heterocycles. The third-order valence-electron chi connectivity index (χ3n) is 2.28. The molecule has 0 aromatic rings. The molecule has 0 spiro atoms. The van der Waals surface area contributed by atoms with Crippen LogP contribution in [-0.4, -0.2) is 31.9 Å². The second-order valence-electron chi connectivity index (χ2n) is 4.24. The monoisotopic (exact) mass is 237 g/mol. The van der Waals surface area contributed by atoms with Crippen LogP contribution in [-0.2, 0) is 10.0 Å². The van der Waals surface area contributed by atoms with Crippen LogP contribution in [0.1, 0.15) is 40.0 Å². The maximum atomic E-state index is 11.6. The first-order valence-corrected chi connectivity index (χ1v) is 7.17. The van der Waals surface area contributed by atoms with E-state index in [-0.39, 0.29) is 18.4 Å². The van der Waals surface area contributed by atoms with Crippen molar-refractivity contribution in [2.75, 3.05) is 12.4 Å². The number of nitrogens with one attached hydrogen (secondary N) is 1. The smallest absolute Gasteiger partial charge is 0.211 e. The molecule has 0 amide bonds. The molecule has 0 heterocycles. The SMILES string of the molecule is CCC(CCO)NS(=O)(=O)CCC(C)C. The zero-order chi connectivity index (χ0) is 11.9. The Morgan fingerprint density at radius 2 is 1.87 bits per heavy atom. The molecule has 4 nitrogen and oxygen atoms in total. The highest BCUT2D eigenvalue weighted by molar-refractivity contribution is 7.89. The minimum absolute atomic E-state index is 0.0191. The summed E-state index contributed by atoms with van der Waals surface area (Å²) in [6.07, 6.45) is 1.86. The Kier molecular flexibility index (Phi) is 7.13. The van der Waals surface area contributed by atoms with Gasteiger partial charge < -0.3 is 5.11 Å². The quantitative estimate of drug-likeness (QED) is 0.664. The van der Waals surface area contributed by atoms with Gasteiger partial charge in [0.1, 0.15) is 0 Å². The van der Waals surface area contributed by atoms with Crippen molar-refractivity contribution in [3.05, 3.63) is 0 Å². The topological polar surface area (TPSA) is 66.4 Å². The van der Waals surface area contributed by atoms with E-state index in [9.17, 15) is 8.42 Å². The predicted octanol–water partition coefficient (Wildman–Crippen LogP) is 1.11. The van der Waals surface area contributed by atoms with Gasteiger partial charge in [0.25, 0.3) is 0 Å². The minimum atomic E-state index is -3.17. The van der Waals surface area contributed by atoms with E-state index in [1.165, 1.54) is 0 Å². The van der Waals surface area contributed by atoms with Crippen molar-refractivity contribution in [2.24, 2.45) is 5.92 Å². The number of hydrogen-bond acceptors (Lipinski definition) is 3. The lowest BCUT2D eigenvalue weighted by molar-refractivity contribution is 0.270. The molecular weight excluding hydrogens is 214 g/mol. The van der Waals surface area contributed by atoms with Crippen LogP contribution in [0.3, 0.4) is 0 Å². The van der Waals surface area contributed by atoms with Crippen molar-refractivity contribution in [1.82, 2.24) is 4.72 Å². The van der Waals surface area contributed by atoms with E-state index in [0.29, 0.717) is 25.2 Å². The van der Waals surface area contributed by atoms with E-state index in [4.69, 9.17) is 5.11 Å². The van der Waals surface area contributed by atoms with Gasteiger partial charge in [0.15, 0.2) is 0 Å². The Bertz CT molecular complexity index is 249. The van der Waals surface area contributed by atoms with Crippen molar-refractivity contribution in [1.29, 1.82) is 0 Å². The molecule has 0 aliphatic heterocycles. The lowest BCUT2D eigenvalue weighted by Crippen LogP contribution is -2.36. The predicted molar refractivity (Wildman–Crippen MR) is 62.2 cm³/mol. The van der Waals surface area contributed by atoms with Crippen LogP contribution >= 0.6 is 0 Å². The lowest BCUT2D eigenvalue weighted by Gasteiger charge is -2.16. The second kappa shape index (κ2) is 7.19. The first-order chi connectivity index (χ1) is 6.91. The van der Waals surface area contributed by atoms with E-state index in [0.717, 1.165) is 0 Å². The van der Waals surface area contributed by atoms with Crippen LogP contribution in [0.4, 0.5) is 0 Å². The van der Waals surface area contributed by atoms with Gasteiger partial charge in [0, 0.05) is 12.6 Å². The zero-order valence-electron chi connectivity index (χ0n) is 9.86. The van der Waals surface area contributed by atoms with Crippen molar-refractivity contribution in [2.45, 2.75) is 46.1 Å². The summed E-state index contributed by atoms with van der Waals surface area (Å²) in [6, 6.07) is -0.132. The van der Waals surface area contributed by atoms with Crippen molar-refractivity contribution >= 4 is 10.0 Å². The summed E-state index contributed by atoms with van der Waals surface area (Å²) < 4.78 is 25.8. The summed E-state index contributed by atoms with van der Waals surface area (Å²) in [6.45, 7) is 5.93. The van der Waals surface area contributed by atoms with Gasteiger partial charge >= 0.3 is 0 Å². The lowest BCUT2D eigenvalue weighted by atomic mass is 10.2. The van der Waals surface area contributed by atoms with Crippen LogP contribution in [0.2, 0.25) is 0 Å². The van der Waals surface area contributed by atoms with Crippen molar-refractivity contribution in [3.63, 3.8) is 0 Å². The molecule has 5 heteroatoms. The number of sulfonamides is 1. The highest BCUT2D eigenvalue weighted by atomic mass is 32.2. The van der Waals surface area contributed by atoms with E-state index in [1.54, 1.807) is 0 Å². The molecule has 1 unspecified atom stereocenters. The molecule has 15 heavy (non-hydrogen) atoms. The van der Waals surface area contributed by atoms with Crippen LogP contribution in [0.5, 0.6) is 0 Å². The molecule has 0 aliphatic rings. The summed E-state index contributed by atoms with van der Waals surface area (Å²) >= 11 is 0. The molecule has 0 saturated heterocycles. The summed E-state index contributed by atoms with van der Waals surface area (Å²) in [5, 5.41) is 8.75. The molecule has 0 saturated carbocycles. The summed E-state index contributed by atoms with van der Waals surface area (Å²) in [5.74, 6) is 0.562. The van der Waals surface area contributed by atoms with Gasteiger partial charge in [-0.3, -0.25) is 0 Å². The average Bonchev–Trinajstić information content (AvgIpc) is 2.14. The van der Waals surface area contributed by atoms with Crippen LogP contribution in [0.15, 0.2) is 0 Å². The molecule has 92 valence electrons. The highest BCUT2D eigenvalue weighted by Crippen LogP contribution is 2.05. The Labute approximate surface area is 93.1 Å². The average molecular weight is 237 g/mol. The van der Waals surface area contributed by atoms with Crippen molar-refractivity contribution < 1.29 is 13.5 Å². The molecule has 0 rings (SSSR count). The number of aliphatic hydroxyl groups is 1. The van der Waals surface area contributed by atoms with E-state index >= 15 is 0 Å². The summed E-state index contributed by atoms with van der Waals surface area (Å²) in [4.78, 5) is 0. The molecule has 0 aliphatic carbocycles. The fourth-order valence-corrected chi connectivity index (χ4v) is 2.90. The zero-order valence-corrected chi connectivity index (χ0v) is 10.7. The van der Waals surface area contributed by atoms with Crippen LogP contribution in [0, 0.1) is 5.92 Å². The molecule has 0 aromatic carbocycles. The van der Waals surface area contributed by atoms with Gasteiger partial charge in [-0.25, -0.2) is 13.1 Å². The Hall–Kier alpha value is -0.130. The maximum absolute atomic E-state index is 11.6. The van der Waals surface area contributed by atoms with Gasteiger partial charge in [-0.05, 0) is 25.2 Å². The first kappa shape index (κ1) is 14.9. The molecule has 2 N–H and O–H groups in total. The standard InChI is InChI=1S/C10H23NO3S/c1-4-10(5-7-12)11-15(13,14)8-6-9(2)3/h9-12H,4-8H2,1-3H3. The number of hydrogen-bond donors (Lipinski definition) is 2. The van der Waals surface area contributed by atoms with Gasteiger partial charge in [-0.1, -0.05) is 20.8 Å². The highest BCUT2D eigenvalue weighted by Gasteiger charge is 2.16. The minimum Gasteiger partial charge on any atom is -0.396 e.